The lowest BCUT2D eigenvalue weighted by Crippen LogP contribution is -2.14. The van der Waals surface area contributed by atoms with Gasteiger partial charge in [0.1, 0.15) is 5.56 Å². The Balaban J connectivity index is 2.40. The average Bonchev–Trinajstić information content (AvgIpc) is 2.85. The zero-order valence-electron chi connectivity index (χ0n) is 9.36. The topological polar surface area (TPSA) is 132 Å². The largest absolute Gasteiger partial charge is 0.505 e. The number of carboxylic acid groups (broad SMARTS) is 1. The van der Waals surface area contributed by atoms with Crippen LogP contribution in [0.3, 0.4) is 0 Å². The van der Waals surface area contributed by atoms with Crippen LogP contribution >= 0.6 is 0 Å². The van der Waals surface area contributed by atoms with Crippen molar-refractivity contribution >= 4 is 21.7 Å². The fourth-order valence-corrected chi connectivity index (χ4v) is 2.36. The number of aromatic hydroxyl groups is 1. The maximum Gasteiger partial charge on any atom is 0.339 e. The van der Waals surface area contributed by atoms with Crippen LogP contribution in [0.25, 0.3) is 0 Å². The number of nitrogens with one attached hydrogen (secondary N) is 2. The monoisotopic (exact) mass is 283 g/mol. The summed E-state index contributed by atoms with van der Waals surface area (Å²) in [5.41, 5.74) is -0.626. The molecule has 0 radical (unpaired) electrons. The van der Waals surface area contributed by atoms with Gasteiger partial charge in [-0.15, -0.1) is 0 Å². The Kier molecular flexibility index (Phi) is 3.13. The molecule has 1 aromatic carbocycles. The molecule has 0 fully saturated rings. The molecule has 0 saturated heterocycles. The lowest BCUT2D eigenvalue weighted by Gasteiger charge is -2.09. The number of para-hydroxylation sites is 1. The van der Waals surface area contributed by atoms with Crippen LogP contribution in [0.1, 0.15) is 10.4 Å². The number of nitrogens with zero attached hydrogens (tertiary/aromatic N) is 1. The number of aromatic nitrogens is 2. The van der Waals surface area contributed by atoms with E-state index in [1.54, 1.807) is 0 Å². The minimum absolute atomic E-state index is 0.201. The summed E-state index contributed by atoms with van der Waals surface area (Å²) in [6, 6.07) is 3.72. The van der Waals surface area contributed by atoms with E-state index in [-0.39, 0.29) is 10.7 Å². The molecule has 0 amide bonds. The van der Waals surface area contributed by atoms with Gasteiger partial charge in [0, 0.05) is 0 Å². The first kappa shape index (κ1) is 12.9. The van der Waals surface area contributed by atoms with Crippen LogP contribution in [-0.2, 0) is 10.0 Å². The Hall–Kier alpha value is -2.55. The molecule has 1 heterocycles. The van der Waals surface area contributed by atoms with Gasteiger partial charge >= 0.3 is 5.97 Å². The summed E-state index contributed by atoms with van der Waals surface area (Å²) in [6.07, 6.45) is 2.27. The van der Waals surface area contributed by atoms with E-state index in [0.29, 0.717) is 0 Å². The number of imidazole rings is 1. The van der Waals surface area contributed by atoms with Gasteiger partial charge in [-0.25, -0.2) is 9.78 Å². The van der Waals surface area contributed by atoms with Gasteiger partial charge in [0.05, 0.1) is 18.2 Å². The highest BCUT2D eigenvalue weighted by Crippen LogP contribution is 2.29. The van der Waals surface area contributed by atoms with Crippen molar-refractivity contribution in [1.29, 1.82) is 0 Å². The molecule has 8 nitrogen and oxygen atoms in total. The van der Waals surface area contributed by atoms with Gasteiger partial charge in [-0.05, 0) is 12.1 Å². The SMILES string of the molecule is O=C(O)c1cccc(NS(=O)(=O)c2cnc[nH]2)c1O. The Morgan fingerprint density at radius 3 is 2.68 bits per heavy atom. The smallest absolute Gasteiger partial charge is 0.339 e. The highest BCUT2D eigenvalue weighted by molar-refractivity contribution is 7.92. The second-order valence-electron chi connectivity index (χ2n) is 3.53. The predicted molar refractivity (Wildman–Crippen MR) is 64.5 cm³/mol. The summed E-state index contributed by atoms with van der Waals surface area (Å²) in [5, 5.41) is 18.3. The van der Waals surface area contributed by atoms with Gasteiger partial charge in [0.25, 0.3) is 10.0 Å². The molecule has 4 N–H and O–H groups in total. The Morgan fingerprint density at radius 2 is 2.11 bits per heavy atom. The maximum atomic E-state index is 11.9. The highest BCUT2D eigenvalue weighted by Gasteiger charge is 2.20. The number of hydrogen-bond donors (Lipinski definition) is 4. The van der Waals surface area contributed by atoms with Crippen molar-refractivity contribution in [3.8, 4) is 5.75 Å². The van der Waals surface area contributed by atoms with Crippen LogP contribution in [0.2, 0.25) is 0 Å². The van der Waals surface area contributed by atoms with E-state index < -0.39 is 27.3 Å². The minimum atomic E-state index is -3.96. The zero-order valence-corrected chi connectivity index (χ0v) is 10.2. The van der Waals surface area contributed by atoms with Crippen LogP contribution in [0.5, 0.6) is 5.75 Å². The molecule has 1 aromatic heterocycles. The van der Waals surface area contributed by atoms with E-state index in [4.69, 9.17) is 5.11 Å². The molecule has 0 spiro atoms. The molecule has 0 aliphatic rings. The quantitative estimate of drug-likeness (QED) is 0.608. The fraction of sp³-hybridized carbons (Fsp3) is 0. The molecule has 0 saturated carbocycles. The standard InChI is InChI=1S/C10H9N3O5S/c14-9-6(10(15)16)2-1-3-7(9)13-19(17,18)8-4-11-5-12-8/h1-5,13-14H,(H,11,12)(H,15,16). The van der Waals surface area contributed by atoms with Crippen molar-refractivity contribution in [3.63, 3.8) is 0 Å². The maximum absolute atomic E-state index is 11.9. The van der Waals surface area contributed by atoms with Crippen molar-refractivity contribution in [2.75, 3.05) is 4.72 Å². The van der Waals surface area contributed by atoms with E-state index in [2.05, 4.69) is 14.7 Å². The molecule has 0 aliphatic heterocycles. The van der Waals surface area contributed by atoms with Gasteiger partial charge in [-0.3, -0.25) is 4.72 Å². The third-order valence-electron chi connectivity index (χ3n) is 2.27. The average molecular weight is 283 g/mol. The second-order valence-corrected chi connectivity index (χ2v) is 5.18. The van der Waals surface area contributed by atoms with Crippen molar-refractivity contribution in [1.82, 2.24) is 9.97 Å². The Bertz CT molecular complexity index is 709. The van der Waals surface area contributed by atoms with Gasteiger partial charge in [0.2, 0.25) is 0 Å². The van der Waals surface area contributed by atoms with Gasteiger partial charge in [-0.1, -0.05) is 6.07 Å². The molecular weight excluding hydrogens is 274 g/mol. The third-order valence-corrected chi connectivity index (χ3v) is 3.56. The first-order chi connectivity index (χ1) is 8.92. The predicted octanol–water partition coefficient (Wildman–Crippen LogP) is 0.614. The summed E-state index contributed by atoms with van der Waals surface area (Å²) in [6.45, 7) is 0. The lowest BCUT2D eigenvalue weighted by atomic mass is 10.2. The number of sulfonamides is 1. The lowest BCUT2D eigenvalue weighted by molar-refractivity contribution is 0.0694. The minimum Gasteiger partial charge on any atom is -0.505 e. The Labute approximate surface area is 107 Å². The molecule has 0 bridgehead atoms. The summed E-state index contributed by atoms with van der Waals surface area (Å²) < 4.78 is 25.8. The van der Waals surface area contributed by atoms with Crippen molar-refractivity contribution in [2.24, 2.45) is 0 Å². The van der Waals surface area contributed by atoms with Gasteiger partial charge < -0.3 is 15.2 Å². The molecule has 0 aliphatic carbocycles. The molecule has 0 atom stereocenters. The summed E-state index contributed by atoms with van der Waals surface area (Å²) in [7, 11) is -3.96. The number of H-pyrrole nitrogens is 1. The van der Waals surface area contributed by atoms with Crippen LogP contribution in [0, 0.1) is 0 Å². The van der Waals surface area contributed by atoms with E-state index in [0.717, 1.165) is 12.3 Å². The molecule has 19 heavy (non-hydrogen) atoms. The number of benzene rings is 1. The highest BCUT2D eigenvalue weighted by atomic mass is 32.2. The number of hydrogen-bond acceptors (Lipinski definition) is 5. The number of aromatic amines is 1. The van der Waals surface area contributed by atoms with E-state index >= 15 is 0 Å². The first-order valence-corrected chi connectivity index (χ1v) is 6.46. The molecule has 100 valence electrons. The van der Waals surface area contributed by atoms with Crippen molar-refractivity contribution in [2.45, 2.75) is 5.03 Å². The summed E-state index contributed by atoms with van der Waals surface area (Å²) in [4.78, 5) is 16.8. The van der Waals surface area contributed by atoms with E-state index in [9.17, 15) is 18.3 Å². The first-order valence-electron chi connectivity index (χ1n) is 4.98. The third kappa shape index (κ3) is 2.50. The summed E-state index contributed by atoms with van der Waals surface area (Å²) in [5.74, 6) is -2.02. The van der Waals surface area contributed by atoms with Crippen molar-refractivity contribution < 1.29 is 23.4 Å². The summed E-state index contributed by atoms with van der Waals surface area (Å²) >= 11 is 0. The van der Waals surface area contributed by atoms with Crippen LogP contribution in [-0.4, -0.2) is 34.6 Å². The molecule has 0 unspecified atom stereocenters. The number of aromatic carboxylic acids is 1. The molecular formula is C10H9N3O5S. The second kappa shape index (κ2) is 4.61. The zero-order chi connectivity index (χ0) is 14.0. The van der Waals surface area contributed by atoms with Crippen LogP contribution in [0.4, 0.5) is 5.69 Å². The molecule has 9 heteroatoms. The number of rotatable bonds is 4. The van der Waals surface area contributed by atoms with Crippen LogP contribution in [0.15, 0.2) is 35.7 Å². The molecule has 2 aromatic rings. The number of carbonyl (C=O) groups is 1. The van der Waals surface area contributed by atoms with Gasteiger partial charge in [0.15, 0.2) is 10.8 Å². The normalized spacial score (nSPS) is 11.2. The van der Waals surface area contributed by atoms with Crippen molar-refractivity contribution in [3.05, 3.63) is 36.3 Å². The van der Waals surface area contributed by atoms with E-state index in [1.807, 2.05) is 0 Å². The number of phenols is 1. The number of anilines is 1. The Morgan fingerprint density at radius 1 is 1.37 bits per heavy atom. The van der Waals surface area contributed by atoms with Crippen LogP contribution < -0.4 is 4.72 Å². The number of carboxylic acids is 1. The molecule has 2 rings (SSSR count). The van der Waals surface area contributed by atoms with Gasteiger partial charge in [-0.2, -0.15) is 8.42 Å². The fourth-order valence-electron chi connectivity index (χ4n) is 1.39. The van der Waals surface area contributed by atoms with E-state index in [1.165, 1.54) is 18.5 Å².